The topological polar surface area (TPSA) is 47.6 Å². The van der Waals surface area contributed by atoms with Gasteiger partial charge in [0.25, 0.3) is 0 Å². The molecule has 0 aliphatic rings. The molecule has 3 aromatic rings. The lowest BCUT2D eigenvalue weighted by atomic mass is 10.1. The number of carbonyl (C=O) groups is 1. The van der Waals surface area contributed by atoms with Crippen molar-refractivity contribution < 1.29 is 14.3 Å². The van der Waals surface area contributed by atoms with Crippen LogP contribution in [0, 0.1) is 0 Å². The van der Waals surface area contributed by atoms with Crippen LogP contribution in [0.5, 0.6) is 17.2 Å². The SMILES string of the molecule is COc1cccc(Oc2ccc(N/C(C)=C/C(=O)c3ccccc3)cc2)c1. The molecule has 4 heteroatoms. The molecule has 0 bridgehead atoms. The number of carbonyl (C=O) groups excluding carboxylic acids is 1. The summed E-state index contributed by atoms with van der Waals surface area (Å²) in [5.41, 5.74) is 2.31. The first-order chi connectivity index (χ1) is 13.1. The van der Waals surface area contributed by atoms with E-state index in [0.29, 0.717) is 11.3 Å². The van der Waals surface area contributed by atoms with Gasteiger partial charge in [-0.25, -0.2) is 0 Å². The summed E-state index contributed by atoms with van der Waals surface area (Å²) >= 11 is 0. The number of nitrogens with one attached hydrogen (secondary N) is 1. The summed E-state index contributed by atoms with van der Waals surface area (Å²) in [6.07, 6.45) is 1.59. The van der Waals surface area contributed by atoms with Crippen molar-refractivity contribution in [3.05, 3.63) is 96.2 Å². The first kappa shape index (κ1) is 18.3. The average Bonchev–Trinajstić information content (AvgIpc) is 2.70. The molecule has 4 nitrogen and oxygen atoms in total. The highest BCUT2D eigenvalue weighted by Gasteiger charge is 2.03. The van der Waals surface area contributed by atoms with Crippen LogP contribution in [-0.2, 0) is 0 Å². The van der Waals surface area contributed by atoms with Crippen molar-refractivity contribution in [3.63, 3.8) is 0 Å². The number of anilines is 1. The highest BCUT2D eigenvalue weighted by molar-refractivity contribution is 6.05. The second-order valence-corrected chi connectivity index (χ2v) is 5.99. The lowest BCUT2D eigenvalue weighted by Gasteiger charge is -2.10. The summed E-state index contributed by atoms with van der Waals surface area (Å²) in [6, 6.07) is 24.2. The van der Waals surface area contributed by atoms with Crippen molar-refractivity contribution in [2.45, 2.75) is 6.92 Å². The number of rotatable bonds is 7. The van der Waals surface area contributed by atoms with Gasteiger partial charge in [-0.05, 0) is 43.3 Å². The first-order valence-electron chi connectivity index (χ1n) is 8.61. The van der Waals surface area contributed by atoms with E-state index in [1.807, 2.05) is 73.7 Å². The van der Waals surface area contributed by atoms with E-state index >= 15 is 0 Å². The molecule has 0 unspecified atom stereocenters. The van der Waals surface area contributed by atoms with Gasteiger partial charge in [-0.3, -0.25) is 4.79 Å². The predicted molar refractivity (Wildman–Crippen MR) is 108 cm³/mol. The molecule has 0 amide bonds. The van der Waals surface area contributed by atoms with Crippen LogP contribution in [0.2, 0.25) is 0 Å². The molecule has 3 rings (SSSR count). The van der Waals surface area contributed by atoms with Crippen molar-refractivity contribution >= 4 is 11.5 Å². The highest BCUT2D eigenvalue weighted by atomic mass is 16.5. The van der Waals surface area contributed by atoms with Crippen LogP contribution < -0.4 is 14.8 Å². The third-order valence-corrected chi connectivity index (χ3v) is 3.88. The van der Waals surface area contributed by atoms with Crippen molar-refractivity contribution in [2.24, 2.45) is 0 Å². The molecule has 0 aliphatic heterocycles. The summed E-state index contributed by atoms with van der Waals surface area (Å²) in [5.74, 6) is 2.14. The monoisotopic (exact) mass is 359 g/mol. The second-order valence-electron chi connectivity index (χ2n) is 5.99. The van der Waals surface area contributed by atoms with Crippen LogP contribution in [0.1, 0.15) is 17.3 Å². The van der Waals surface area contributed by atoms with Gasteiger partial charge in [0.15, 0.2) is 5.78 Å². The molecular formula is C23H21NO3. The Hall–Kier alpha value is -3.53. The number of allylic oxidation sites excluding steroid dienone is 2. The summed E-state index contributed by atoms with van der Waals surface area (Å²) in [7, 11) is 1.62. The van der Waals surface area contributed by atoms with Crippen molar-refractivity contribution in [3.8, 4) is 17.2 Å². The Morgan fingerprint density at radius 1 is 0.852 bits per heavy atom. The van der Waals surface area contributed by atoms with Gasteiger partial charge < -0.3 is 14.8 Å². The van der Waals surface area contributed by atoms with Gasteiger partial charge in [0.1, 0.15) is 17.2 Å². The van der Waals surface area contributed by atoms with Crippen molar-refractivity contribution in [1.29, 1.82) is 0 Å². The van der Waals surface area contributed by atoms with E-state index in [2.05, 4.69) is 5.32 Å². The molecule has 3 aromatic carbocycles. The van der Waals surface area contributed by atoms with Gasteiger partial charge in [-0.1, -0.05) is 36.4 Å². The molecule has 0 heterocycles. The van der Waals surface area contributed by atoms with Crippen LogP contribution in [0.25, 0.3) is 0 Å². The van der Waals surface area contributed by atoms with Gasteiger partial charge in [-0.2, -0.15) is 0 Å². The normalized spacial score (nSPS) is 11.0. The van der Waals surface area contributed by atoms with E-state index in [4.69, 9.17) is 9.47 Å². The number of methoxy groups -OCH3 is 1. The Morgan fingerprint density at radius 3 is 2.26 bits per heavy atom. The molecule has 0 saturated heterocycles. The van der Waals surface area contributed by atoms with Gasteiger partial charge >= 0.3 is 0 Å². The molecule has 0 spiro atoms. The lowest BCUT2D eigenvalue weighted by molar-refractivity contribution is 0.104. The second kappa shape index (κ2) is 8.72. The summed E-state index contributed by atoms with van der Waals surface area (Å²) < 4.78 is 11.0. The van der Waals surface area contributed by atoms with Crippen molar-refractivity contribution in [2.75, 3.05) is 12.4 Å². The Labute approximate surface area is 159 Å². The fraction of sp³-hybridized carbons (Fsp3) is 0.0870. The lowest BCUT2D eigenvalue weighted by Crippen LogP contribution is -2.01. The quantitative estimate of drug-likeness (QED) is 0.435. The minimum absolute atomic E-state index is 0.0291. The predicted octanol–water partition coefficient (Wildman–Crippen LogP) is 5.69. The summed E-state index contributed by atoms with van der Waals surface area (Å²) in [4.78, 5) is 12.2. The maximum absolute atomic E-state index is 12.2. The van der Waals surface area contributed by atoms with E-state index < -0.39 is 0 Å². The zero-order chi connectivity index (χ0) is 19.1. The van der Waals surface area contributed by atoms with E-state index in [1.54, 1.807) is 25.3 Å². The third-order valence-electron chi connectivity index (χ3n) is 3.88. The number of hydrogen-bond donors (Lipinski definition) is 1. The Kier molecular flexibility index (Phi) is 5.90. The average molecular weight is 359 g/mol. The molecule has 0 radical (unpaired) electrons. The Bertz CT molecular complexity index is 931. The standard InChI is InChI=1S/C23H21NO3/c1-17(15-23(25)18-7-4-3-5-8-18)24-19-11-13-20(14-12-19)27-22-10-6-9-21(16-22)26-2/h3-16,24H,1-2H3/b17-15+. The molecule has 0 aliphatic carbocycles. The van der Waals surface area contributed by atoms with Gasteiger partial charge in [0.05, 0.1) is 7.11 Å². The maximum Gasteiger partial charge on any atom is 0.187 e. The molecular weight excluding hydrogens is 338 g/mol. The van der Waals surface area contributed by atoms with E-state index in [1.165, 1.54) is 0 Å². The number of hydrogen-bond acceptors (Lipinski definition) is 4. The molecule has 27 heavy (non-hydrogen) atoms. The third kappa shape index (κ3) is 5.22. The number of benzene rings is 3. The fourth-order valence-electron chi connectivity index (χ4n) is 2.55. The molecule has 0 atom stereocenters. The smallest absolute Gasteiger partial charge is 0.187 e. The van der Waals surface area contributed by atoms with Crippen LogP contribution in [0.3, 0.4) is 0 Å². The molecule has 0 aromatic heterocycles. The van der Waals surface area contributed by atoms with E-state index in [-0.39, 0.29) is 5.78 Å². The Morgan fingerprint density at radius 2 is 1.56 bits per heavy atom. The summed E-state index contributed by atoms with van der Waals surface area (Å²) in [6.45, 7) is 1.86. The van der Waals surface area contributed by atoms with Crippen LogP contribution in [-0.4, -0.2) is 12.9 Å². The molecule has 136 valence electrons. The minimum Gasteiger partial charge on any atom is -0.497 e. The Balaban J connectivity index is 1.63. The zero-order valence-electron chi connectivity index (χ0n) is 15.3. The molecule has 0 saturated carbocycles. The first-order valence-corrected chi connectivity index (χ1v) is 8.61. The van der Waals surface area contributed by atoms with Gasteiger partial charge in [0, 0.05) is 29.1 Å². The number of ketones is 1. The maximum atomic E-state index is 12.2. The largest absolute Gasteiger partial charge is 0.497 e. The van der Waals surface area contributed by atoms with Crippen LogP contribution in [0.15, 0.2) is 90.6 Å². The van der Waals surface area contributed by atoms with Crippen LogP contribution in [0.4, 0.5) is 5.69 Å². The molecule has 0 fully saturated rings. The fourth-order valence-corrected chi connectivity index (χ4v) is 2.55. The highest BCUT2D eigenvalue weighted by Crippen LogP contribution is 2.26. The van der Waals surface area contributed by atoms with Gasteiger partial charge in [-0.15, -0.1) is 0 Å². The van der Waals surface area contributed by atoms with Gasteiger partial charge in [0.2, 0.25) is 0 Å². The van der Waals surface area contributed by atoms with Crippen LogP contribution >= 0.6 is 0 Å². The summed E-state index contributed by atoms with van der Waals surface area (Å²) in [5, 5.41) is 3.22. The van der Waals surface area contributed by atoms with E-state index in [0.717, 1.165) is 22.9 Å². The van der Waals surface area contributed by atoms with Crippen molar-refractivity contribution in [1.82, 2.24) is 0 Å². The number of ether oxygens (including phenoxy) is 2. The minimum atomic E-state index is -0.0291. The molecule has 1 N–H and O–H groups in total. The zero-order valence-corrected chi connectivity index (χ0v) is 15.3. The van der Waals surface area contributed by atoms with E-state index in [9.17, 15) is 4.79 Å².